The molecule has 0 aromatic heterocycles. The third-order valence-electron chi connectivity index (χ3n) is 13.5. The van der Waals surface area contributed by atoms with Gasteiger partial charge in [0.25, 0.3) is 5.79 Å². The molecule has 348 valence electrons. The molecule has 21 atom stereocenters. The van der Waals surface area contributed by atoms with Gasteiger partial charge in [-0.3, -0.25) is 14.6 Å². The van der Waals surface area contributed by atoms with Crippen LogP contribution in [0.3, 0.4) is 0 Å². The van der Waals surface area contributed by atoms with Crippen molar-refractivity contribution in [2.45, 2.75) is 193 Å². The number of aliphatic hydroxyl groups excluding tert-OH is 4. The standard InChI is InChI=1S/C39H73N7O14/c1-18-14-23(47)39(53)37(55-18)59-33-27(49)25(26(48)24(44-3)32(33)60-39)45(4)12-8-6-7-9-13-46(5)34-29(51)36(54-17-38(34,2)52)58-31-22(43)15-21(42)30(28(31)50)57-35-20(41)11-10-19(16-40)56-35/h18-22,24-37,44,48-53H,6-17,40-43H2,1-5H3/t18-,19+,20-,21+,22-,24+,25?,26-,27+,28+,29-,30?,31?,32-,33-,34-,35?,36?,37+,38+,39+/m1/s1. The van der Waals surface area contributed by atoms with Crippen LogP contribution in [-0.2, 0) is 38.0 Å². The number of aliphatic hydroxyl groups is 6. The highest BCUT2D eigenvalue weighted by atomic mass is 16.8. The predicted octanol–water partition coefficient (Wildman–Crippen LogP) is -4.90. The van der Waals surface area contributed by atoms with E-state index < -0.39 is 127 Å². The first kappa shape index (κ1) is 48.3. The van der Waals surface area contributed by atoms with Crippen molar-refractivity contribution >= 4 is 5.78 Å². The highest BCUT2D eigenvalue weighted by molar-refractivity contribution is 5.87. The first-order valence-corrected chi connectivity index (χ1v) is 21.6. The Morgan fingerprint density at radius 3 is 2.08 bits per heavy atom. The maximum Gasteiger partial charge on any atom is 0.280 e. The lowest BCUT2D eigenvalue weighted by molar-refractivity contribution is -0.421. The van der Waals surface area contributed by atoms with Crippen LogP contribution < -0.4 is 28.3 Å². The van der Waals surface area contributed by atoms with Crippen molar-refractivity contribution in [3.63, 3.8) is 0 Å². The fourth-order valence-electron chi connectivity index (χ4n) is 10.1. The van der Waals surface area contributed by atoms with Gasteiger partial charge in [0.15, 0.2) is 18.4 Å². The summed E-state index contributed by atoms with van der Waals surface area (Å²) in [4.78, 5) is 16.5. The molecule has 2 saturated carbocycles. The van der Waals surface area contributed by atoms with Crippen LogP contribution in [0.2, 0.25) is 0 Å². The number of ketones is 1. The minimum Gasteiger partial charge on any atom is -0.390 e. The summed E-state index contributed by atoms with van der Waals surface area (Å²) in [5, 5.41) is 71.5. The molecule has 60 heavy (non-hydrogen) atoms. The maximum absolute atomic E-state index is 12.8. The summed E-state index contributed by atoms with van der Waals surface area (Å²) in [6.07, 6.45) is -8.45. The summed E-state index contributed by atoms with van der Waals surface area (Å²) in [7, 11) is 5.26. The van der Waals surface area contributed by atoms with Crippen LogP contribution in [0.1, 0.15) is 65.2 Å². The molecule has 0 bridgehead atoms. The van der Waals surface area contributed by atoms with Gasteiger partial charge in [-0.1, -0.05) is 12.8 Å². The molecule has 15 N–H and O–H groups in total. The number of unbranched alkanes of at least 4 members (excludes halogenated alkanes) is 3. The van der Waals surface area contributed by atoms with Crippen molar-refractivity contribution in [3.8, 4) is 0 Å². The van der Waals surface area contributed by atoms with Gasteiger partial charge in [0.05, 0.1) is 49.1 Å². The second-order valence-electron chi connectivity index (χ2n) is 18.3. The fraction of sp³-hybridized carbons (Fsp3) is 0.974. The van der Waals surface area contributed by atoms with Gasteiger partial charge in [0.2, 0.25) is 6.29 Å². The topological polar surface area (TPSA) is 326 Å². The molecule has 0 amide bonds. The zero-order valence-electron chi connectivity index (χ0n) is 35.6. The minimum absolute atomic E-state index is 0.0570. The van der Waals surface area contributed by atoms with Gasteiger partial charge in [-0.2, -0.15) is 0 Å². The maximum atomic E-state index is 12.8. The van der Waals surface area contributed by atoms with E-state index >= 15 is 0 Å². The van der Waals surface area contributed by atoms with Crippen molar-refractivity contribution in [1.82, 2.24) is 15.1 Å². The zero-order chi connectivity index (χ0) is 43.8. The number of rotatable bonds is 15. The number of hydrogen-bond acceptors (Lipinski definition) is 21. The Hall–Kier alpha value is -1.13. The van der Waals surface area contributed by atoms with E-state index in [1.165, 1.54) is 0 Å². The minimum atomic E-state index is -2.33. The van der Waals surface area contributed by atoms with Gasteiger partial charge in [-0.05, 0) is 80.2 Å². The molecule has 5 unspecified atom stereocenters. The fourth-order valence-corrected chi connectivity index (χ4v) is 10.1. The van der Waals surface area contributed by atoms with E-state index in [9.17, 15) is 35.4 Å². The number of likely N-dealkylation sites (N-methyl/N-ethyl adjacent to an activating group) is 3. The molecular formula is C39H73N7O14. The number of Topliss-reactive ketones (excluding diaryl/α,β-unsaturated/α-hetero) is 1. The van der Waals surface area contributed by atoms with Gasteiger partial charge >= 0.3 is 0 Å². The lowest BCUT2D eigenvalue weighted by atomic mass is 9.79. The summed E-state index contributed by atoms with van der Waals surface area (Å²) in [6, 6.07) is -4.07. The average Bonchev–Trinajstić information content (AvgIpc) is 3.18. The van der Waals surface area contributed by atoms with Crippen molar-refractivity contribution < 1.29 is 68.6 Å². The molecule has 0 radical (unpaired) electrons. The second-order valence-corrected chi connectivity index (χ2v) is 18.3. The van der Waals surface area contributed by atoms with E-state index in [-0.39, 0.29) is 25.6 Å². The predicted molar refractivity (Wildman–Crippen MR) is 212 cm³/mol. The lowest BCUT2D eigenvalue weighted by Crippen LogP contribution is -2.77. The summed E-state index contributed by atoms with van der Waals surface area (Å²) in [5.41, 5.74) is 23.5. The summed E-state index contributed by atoms with van der Waals surface area (Å²) >= 11 is 0. The van der Waals surface area contributed by atoms with Crippen molar-refractivity contribution in [2.24, 2.45) is 22.9 Å². The lowest BCUT2D eigenvalue weighted by Gasteiger charge is -2.56. The third-order valence-corrected chi connectivity index (χ3v) is 13.5. The van der Waals surface area contributed by atoms with Crippen LogP contribution in [0, 0.1) is 0 Å². The molecule has 4 aliphatic heterocycles. The number of nitrogens with zero attached hydrogens (tertiary/aromatic N) is 2. The largest absolute Gasteiger partial charge is 0.390 e. The van der Waals surface area contributed by atoms with E-state index in [0.717, 1.165) is 25.7 Å². The molecule has 4 heterocycles. The number of carbonyl (C=O) groups is 1. The molecule has 6 rings (SSSR count). The Bertz CT molecular complexity index is 1410. The molecule has 21 heteroatoms. The van der Waals surface area contributed by atoms with Gasteiger partial charge in [-0.15, -0.1) is 0 Å². The molecule has 21 nitrogen and oxygen atoms in total. The summed E-state index contributed by atoms with van der Waals surface area (Å²) < 4.78 is 41.7. The third kappa shape index (κ3) is 9.91. The van der Waals surface area contributed by atoms with Crippen LogP contribution in [0.4, 0.5) is 0 Å². The van der Waals surface area contributed by atoms with Gasteiger partial charge in [0.1, 0.15) is 48.3 Å². The normalized spacial score (nSPS) is 48.9. The summed E-state index contributed by atoms with van der Waals surface area (Å²) in [5.74, 6) is -2.91. The van der Waals surface area contributed by atoms with Crippen LogP contribution in [0.5, 0.6) is 0 Å². The number of carbonyl (C=O) groups excluding carboxylic acids is 1. The van der Waals surface area contributed by atoms with Gasteiger partial charge in [-0.25, -0.2) is 0 Å². The monoisotopic (exact) mass is 864 g/mol. The van der Waals surface area contributed by atoms with E-state index in [0.29, 0.717) is 32.5 Å². The first-order valence-electron chi connectivity index (χ1n) is 21.6. The van der Waals surface area contributed by atoms with Gasteiger partial charge < -0.3 is 92.0 Å². The van der Waals surface area contributed by atoms with Crippen LogP contribution in [-0.4, -0.2) is 221 Å². The van der Waals surface area contributed by atoms with E-state index in [4.69, 9.17) is 56.1 Å². The van der Waals surface area contributed by atoms with Crippen LogP contribution in [0.25, 0.3) is 0 Å². The molecular weight excluding hydrogens is 790 g/mol. The Morgan fingerprint density at radius 2 is 1.45 bits per heavy atom. The highest BCUT2D eigenvalue weighted by Gasteiger charge is 2.64. The quantitative estimate of drug-likeness (QED) is 0.0688. The number of fused-ring (bicyclic) bond motifs is 2. The molecule has 6 aliphatic rings. The Balaban J connectivity index is 0.978. The Labute approximate surface area is 352 Å². The number of ether oxygens (including phenoxy) is 7. The number of nitrogens with two attached hydrogens (primary N) is 4. The van der Waals surface area contributed by atoms with Crippen LogP contribution in [0.15, 0.2) is 0 Å². The molecule has 0 spiro atoms. The van der Waals surface area contributed by atoms with E-state index in [2.05, 4.69) is 5.32 Å². The molecule has 0 aromatic rings. The van der Waals surface area contributed by atoms with Crippen molar-refractivity contribution in [3.05, 3.63) is 0 Å². The molecule has 0 aromatic carbocycles. The Morgan fingerprint density at radius 1 is 0.817 bits per heavy atom. The number of hydrogen-bond donors (Lipinski definition) is 11. The Kier molecular flexibility index (Phi) is 16.1. The molecule has 2 aliphatic carbocycles. The highest BCUT2D eigenvalue weighted by Crippen LogP contribution is 2.41. The zero-order valence-corrected chi connectivity index (χ0v) is 35.6. The van der Waals surface area contributed by atoms with Gasteiger partial charge in [0, 0.05) is 25.0 Å². The smallest absolute Gasteiger partial charge is 0.280 e. The first-order chi connectivity index (χ1) is 28.3. The average molecular weight is 864 g/mol. The second kappa shape index (κ2) is 19.9. The van der Waals surface area contributed by atoms with Crippen LogP contribution >= 0.6 is 0 Å². The van der Waals surface area contributed by atoms with E-state index in [1.807, 2.05) is 23.9 Å². The van der Waals surface area contributed by atoms with E-state index in [1.54, 1.807) is 20.9 Å². The molecule has 4 saturated heterocycles. The summed E-state index contributed by atoms with van der Waals surface area (Å²) in [6.45, 7) is 4.51. The SMILES string of the molecule is CN[C@@H]1[C@H]2O[C@@]3(O)C(=O)C[C@@H](C)O[C@H]3O[C@@H]2[C@@H](O)C(N(C)CCCCCCN(C)[C@@H]2[C@@H](O)C(OC3[C@@H](O)C(OC4O[C@H](CN)CC[C@H]4N)[C@@H](N)C[C@H]3N)OC[C@]2(C)O)[C@@H]1O. The molecule has 6 fully saturated rings. The van der Waals surface area contributed by atoms with Crippen molar-refractivity contribution in [1.29, 1.82) is 0 Å². The number of nitrogens with one attached hydrogen (secondary N) is 1. The van der Waals surface area contributed by atoms with Crippen molar-refractivity contribution in [2.75, 3.05) is 47.4 Å².